The zero-order chi connectivity index (χ0) is 18.6. The van der Waals surface area contributed by atoms with E-state index in [2.05, 4.69) is 18.1 Å². The second-order valence-electron chi connectivity index (χ2n) is 5.15. The van der Waals surface area contributed by atoms with Gasteiger partial charge in [-0.15, -0.1) is 0 Å². The lowest BCUT2D eigenvalue weighted by Gasteiger charge is -2.12. The van der Waals surface area contributed by atoms with Gasteiger partial charge in [0.2, 0.25) is 5.82 Å². The van der Waals surface area contributed by atoms with Crippen LogP contribution in [-0.2, 0) is 20.8 Å². The zero-order valence-electron chi connectivity index (χ0n) is 13.5. The molecule has 132 valence electrons. The summed E-state index contributed by atoms with van der Waals surface area (Å²) in [6.07, 6.45) is 2.52. The summed E-state index contributed by atoms with van der Waals surface area (Å²) >= 11 is 0. The standard InChI is InChI=1S/C16H17N3O5S/c1-4-10-18-15(19(20)21)11-17-16(18)14(5-2)24-25(22,23)13-8-6-12(3)7-9-13/h4-9,11,14H,1-2,10H2,3H3. The maximum atomic E-state index is 12.4. The van der Waals surface area contributed by atoms with Gasteiger partial charge in [0.05, 0.1) is 4.90 Å². The van der Waals surface area contributed by atoms with Gasteiger partial charge < -0.3 is 10.1 Å². The molecule has 0 N–H and O–H groups in total. The van der Waals surface area contributed by atoms with E-state index in [-0.39, 0.29) is 23.1 Å². The van der Waals surface area contributed by atoms with Gasteiger partial charge in [-0.2, -0.15) is 8.42 Å². The minimum Gasteiger partial charge on any atom is -0.358 e. The average Bonchev–Trinajstić information content (AvgIpc) is 2.97. The van der Waals surface area contributed by atoms with Crippen LogP contribution in [0, 0.1) is 17.0 Å². The fourth-order valence-electron chi connectivity index (χ4n) is 2.15. The quantitative estimate of drug-likeness (QED) is 0.309. The molecule has 9 heteroatoms. The van der Waals surface area contributed by atoms with Crippen LogP contribution in [0.4, 0.5) is 5.82 Å². The molecule has 1 heterocycles. The molecule has 2 aromatic rings. The minimum atomic E-state index is -4.10. The number of benzene rings is 1. The summed E-state index contributed by atoms with van der Waals surface area (Å²) in [5.41, 5.74) is 0.899. The number of allylic oxidation sites excluding steroid dienone is 1. The maximum Gasteiger partial charge on any atom is 0.343 e. The fourth-order valence-corrected chi connectivity index (χ4v) is 3.17. The van der Waals surface area contributed by atoms with Gasteiger partial charge in [-0.25, -0.2) is 13.7 Å². The Labute approximate surface area is 145 Å². The molecule has 0 aliphatic carbocycles. The van der Waals surface area contributed by atoms with Crippen LogP contribution in [0.2, 0.25) is 0 Å². The molecule has 2 rings (SSSR count). The predicted molar refractivity (Wildman–Crippen MR) is 91.5 cm³/mol. The van der Waals surface area contributed by atoms with Crippen LogP contribution in [0.3, 0.4) is 0 Å². The van der Waals surface area contributed by atoms with E-state index in [1.807, 2.05) is 6.92 Å². The first kappa shape index (κ1) is 18.6. The van der Waals surface area contributed by atoms with Crippen LogP contribution in [0.1, 0.15) is 17.5 Å². The second-order valence-corrected chi connectivity index (χ2v) is 6.72. The fraction of sp³-hybridized carbons (Fsp3) is 0.188. The summed E-state index contributed by atoms with van der Waals surface area (Å²) in [5, 5.41) is 11.1. The van der Waals surface area contributed by atoms with Crippen LogP contribution in [-0.4, -0.2) is 22.9 Å². The Morgan fingerprint density at radius 3 is 2.52 bits per heavy atom. The van der Waals surface area contributed by atoms with Crippen LogP contribution >= 0.6 is 0 Å². The molecule has 0 aliphatic heterocycles. The van der Waals surface area contributed by atoms with Gasteiger partial charge in [0.25, 0.3) is 10.1 Å². The Hall–Kier alpha value is -2.78. The first-order chi connectivity index (χ1) is 11.8. The summed E-state index contributed by atoms with van der Waals surface area (Å²) in [5.74, 6) is -0.240. The van der Waals surface area contributed by atoms with Crippen molar-refractivity contribution in [3.63, 3.8) is 0 Å². The van der Waals surface area contributed by atoms with Crippen molar-refractivity contribution in [3.8, 4) is 0 Å². The number of rotatable bonds is 8. The van der Waals surface area contributed by atoms with Crippen molar-refractivity contribution in [1.29, 1.82) is 0 Å². The average molecular weight is 363 g/mol. The number of aryl methyl sites for hydroxylation is 1. The number of hydrogen-bond donors (Lipinski definition) is 0. The van der Waals surface area contributed by atoms with Gasteiger partial charge >= 0.3 is 5.82 Å². The largest absolute Gasteiger partial charge is 0.358 e. The molecule has 0 amide bonds. The van der Waals surface area contributed by atoms with E-state index in [1.165, 1.54) is 28.9 Å². The lowest BCUT2D eigenvalue weighted by Crippen LogP contribution is -2.16. The zero-order valence-corrected chi connectivity index (χ0v) is 14.3. The van der Waals surface area contributed by atoms with E-state index in [0.717, 1.165) is 11.8 Å². The summed E-state index contributed by atoms with van der Waals surface area (Å²) in [6.45, 7) is 8.98. The number of hydrogen-bond acceptors (Lipinski definition) is 6. The predicted octanol–water partition coefficient (Wildman–Crippen LogP) is 2.92. The number of nitro groups is 1. The van der Waals surface area contributed by atoms with Crippen LogP contribution in [0.15, 0.2) is 60.7 Å². The highest BCUT2D eigenvalue weighted by Crippen LogP contribution is 2.27. The van der Waals surface area contributed by atoms with Gasteiger partial charge in [0.15, 0.2) is 6.10 Å². The van der Waals surface area contributed by atoms with E-state index < -0.39 is 21.1 Å². The van der Waals surface area contributed by atoms with E-state index in [9.17, 15) is 18.5 Å². The SMILES string of the molecule is C=CCn1c([N+](=O)[O-])cnc1C(C=C)OS(=O)(=O)c1ccc(C)cc1. The van der Waals surface area contributed by atoms with E-state index >= 15 is 0 Å². The molecule has 1 aromatic heterocycles. The third kappa shape index (κ3) is 4.01. The van der Waals surface area contributed by atoms with Gasteiger partial charge in [-0.3, -0.25) is 0 Å². The molecule has 25 heavy (non-hydrogen) atoms. The Morgan fingerprint density at radius 2 is 2.00 bits per heavy atom. The van der Waals surface area contributed by atoms with Gasteiger partial charge in [0.1, 0.15) is 12.7 Å². The highest BCUT2D eigenvalue weighted by molar-refractivity contribution is 7.86. The lowest BCUT2D eigenvalue weighted by molar-refractivity contribution is -0.392. The molecule has 0 radical (unpaired) electrons. The number of nitrogens with zero attached hydrogens (tertiary/aromatic N) is 3. The smallest absolute Gasteiger partial charge is 0.343 e. The Balaban J connectivity index is 2.40. The van der Waals surface area contributed by atoms with Gasteiger partial charge in [0, 0.05) is 0 Å². The van der Waals surface area contributed by atoms with Gasteiger partial charge in [-0.05, 0) is 24.0 Å². The minimum absolute atomic E-state index is 0.0266. The van der Waals surface area contributed by atoms with Crippen molar-refractivity contribution in [3.05, 3.63) is 77.3 Å². The normalized spacial score (nSPS) is 12.5. The van der Waals surface area contributed by atoms with Crippen molar-refractivity contribution in [2.45, 2.75) is 24.5 Å². The van der Waals surface area contributed by atoms with Crippen molar-refractivity contribution in [1.82, 2.24) is 9.55 Å². The Bertz CT molecular complexity index is 900. The summed E-state index contributed by atoms with van der Waals surface area (Å²) in [4.78, 5) is 14.4. The van der Waals surface area contributed by atoms with Crippen LogP contribution in [0.5, 0.6) is 0 Å². The molecular formula is C16H17N3O5S. The monoisotopic (exact) mass is 363 g/mol. The summed E-state index contributed by atoms with van der Waals surface area (Å²) < 4.78 is 31.3. The second kappa shape index (κ2) is 7.41. The molecule has 0 bridgehead atoms. The van der Waals surface area contributed by atoms with Crippen LogP contribution < -0.4 is 0 Å². The summed E-state index contributed by atoms with van der Waals surface area (Å²) in [7, 11) is -4.10. The molecule has 1 aromatic carbocycles. The Kier molecular flexibility index (Phi) is 5.50. The third-order valence-electron chi connectivity index (χ3n) is 3.37. The van der Waals surface area contributed by atoms with Crippen molar-refractivity contribution >= 4 is 15.9 Å². The highest BCUT2D eigenvalue weighted by atomic mass is 32.2. The first-order valence-electron chi connectivity index (χ1n) is 7.23. The Morgan fingerprint density at radius 1 is 1.36 bits per heavy atom. The molecule has 0 aliphatic rings. The van der Waals surface area contributed by atoms with Gasteiger partial charge in [-0.1, -0.05) is 43.0 Å². The third-order valence-corrected chi connectivity index (χ3v) is 4.68. The number of imidazole rings is 1. The highest BCUT2D eigenvalue weighted by Gasteiger charge is 2.30. The van der Waals surface area contributed by atoms with E-state index in [0.29, 0.717) is 0 Å². The number of aromatic nitrogens is 2. The molecule has 0 saturated carbocycles. The first-order valence-corrected chi connectivity index (χ1v) is 8.64. The lowest BCUT2D eigenvalue weighted by atomic mass is 10.2. The molecule has 8 nitrogen and oxygen atoms in total. The molecule has 0 spiro atoms. The van der Waals surface area contributed by atoms with Crippen LogP contribution in [0.25, 0.3) is 0 Å². The van der Waals surface area contributed by atoms with Crippen molar-refractivity contribution < 1.29 is 17.5 Å². The maximum absolute atomic E-state index is 12.4. The molecule has 0 fully saturated rings. The topological polar surface area (TPSA) is 104 Å². The van der Waals surface area contributed by atoms with Crippen molar-refractivity contribution in [2.75, 3.05) is 0 Å². The van der Waals surface area contributed by atoms with E-state index in [4.69, 9.17) is 4.18 Å². The molecule has 1 unspecified atom stereocenters. The summed E-state index contributed by atoms with van der Waals surface area (Å²) in [6, 6.07) is 6.12. The molecular weight excluding hydrogens is 346 g/mol. The molecule has 1 atom stereocenters. The van der Waals surface area contributed by atoms with Crippen molar-refractivity contribution in [2.24, 2.45) is 0 Å². The van der Waals surface area contributed by atoms with E-state index in [1.54, 1.807) is 12.1 Å². The molecule has 0 saturated heterocycles.